The second-order valence-electron chi connectivity index (χ2n) is 5.48. The Morgan fingerprint density at radius 2 is 2.11 bits per heavy atom. The third kappa shape index (κ3) is 2.85. The Morgan fingerprint density at radius 1 is 1.42 bits per heavy atom. The molecule has 2 rings (SSSR count). The first-order chi connectivity index (χ1) is 8.77. The van der Waals surface area contributed by atoms with Gasteiger partial charge in [-0.15, -0.1) is 11.3 Å². The van der Waals surface area contributed by atoms with Crippen LogP contribution in [0, 0.1) is 0 Å². The van der Waals surface area contributed by atoms with Crippen molar-refractivity contribution in [1.29, 1.82) is 0 Å². The van der Waals surface area contributed by atoms with Crippen molar-refractivity contribution in [2.24, 2.45) is 0 Å². The molecule has 5 nitrogen and oxygen atoms in total. The van der Waals surface area contributed by atoms with Crippen LogP contribution in [0.15, 0.2) is 16.3 Å². The van der Waals surface area contributed by atoms with Gasteiger partial charge in [0, 0.05) is 35.4 Å². The third-order valence-electron chi connectivity index (χ3n) is 3.70. The van der Waals surface area contributed by atoms with Gasteiger partial charge in [0.05, 0.1) is 11.5 Å². The summed E-state index contributed by atoms with van der Waals surface area (Å²) in [6.45, 7) is 5.68. The normalized spacial score (nSPS) is 21.7. The summed E-state index contributed by atoms with van der Waals surface area (Å²) in [7, 11) is -1.43. The predicted molar refractivity (Wildman–Crippen MR) is 75.7 cm³/mol. The Hall–Kier alpha value is -0.470. The Morgan fingerprint density at radius 3 is 2.63 bits per heavy atom. The molecule has 1 saturated heterocycles. The molecule has 1 N–H and O–H groups in total. The van der Waals surface area contributed by atoms with Crippen LogP contribution in [0.1, 0.15) is 18.7 Å². The Balaban J connectivity index is 2.25. The third-order valence-corrected chi connectivity index (χ3v) is 6.60. The summed E-state index contributed by atoms with van der Waals surface area (Å²) in [5.41, 5.74) is -0.166. The maximum Gasteiger partial charge on any atom is 0.244 e. The number of sulfonamides is 1. The lowest BCUT2D eigenvalue weighted by Crippen LogP contribution is -2.58. The van der Waals surface area contributed by atoms with Gasteiger partial charge in [-0.1, -0.05) is 0 Å². The fourth-order valence-corrected chi connectivity index (χ4v) is 4.84. The number of hydrogen-bond donors (Lipinski definition) is 1. The van der Waals surface area contributed by atoms with Crippen LogP contribution >= 0.6 is 11.3 Å². The second-order valence-corrected chi connectivity index (χ2v) is 8.41. The van der Waals surface area contributed by atoms with Crippen LogP contribution in [-0.4, -0.2) is 55.0 Å². The molecule has 1 aliphatic heterocycles. The monoisotopic (exact) mass is 304 g/mol. The number of likely N-dealkylation sites (N-methyl/N-ethyl adjacent to an activating group) is 1. The van der Waals surface area contributed by atoms with Gasteiger partial charge in [0.15, 0.2) is 0 Å². The van der Waals surface area contributed by atoms with E-state index in [2.05, 4.69) is 4.90 Å². The predicted octanol–water partition coefficient (Wildman–Crippen LogP) is 0.955. The van der Waals surface area contributed by atoms with Gasteiger partial charge in [-0.2, -0.15) is 4.31 Å². The number of thiophene rings is 1. The van der Waals surface area contributed by atoms with E-state index in [-0.39, 0.29) is 12.1 Å². The van der Waals surface area contributed by atoms with Crippen molar-refractivity contribution < 1.29 is 13.5 Å². The molecule has 19 heavy (non-hydrogen) atoms. The van der Waals surface area contributed by atoms with Crippen LogP contribution in [-0.2, 0) is 16.6 Å². The van der Waals surface area contributed by atoms with Gasteiger partial charge in [0.1, 0.15) is 0 Å². The van der Waals surface area contributed by atoms with Gasteiger partial charge in [-0.25, -0.2) is 8.42 Å². The van der Waals surface area contributed by atoms with Crippen LogP contribution in [0.2, 0.25) is 0 Å². The number of aliphatic hydroxyl groups excluding tert-OH is 1. The van der Waals surface area contributed by atoms with Crippen molar-refractivity contribution in [2.45, 2.75) is 30.9 Å². The molecule has 0 saturated carbocycles. The molecule has 0 spiro atoms. The van der Waals surface area contributed by atoms with Crippen LogP contribution in [0.5, 0.6) is 0 Å². The molecule has 0 unspecified atom stereocenters. The first kappa shape index (κ1) is 14.9. The molecule has 108 valence electrons. The van der Waals surface area contributed by atoms with E-state index in [1.165, 1.54) is 15.6 Å². The minimum absolute atomic E-state index is 0.117. The number of rotatable bonds is 3. The van der Waals surface area contributed by atoms with Crippen LogP contribution < -0.4 is 0 Å². The minimum Gasteiger partial charge on any atom is -0.391 e. The molecule has 0 aliphatic carbocycles. The number of aliphatic hydroxyl groups is 1. The second kappa shape index (κ2) is 5.14. The highest BCUT2D eigenvalue weighted by Crippen LogP contribution is 2.27. The quantitative estimate of drug-likeness (QED) is 0.903. The fourth-order valence-electron chi connectivity index (χ4n) is 2.13. The topological polar surface area (TPSA) is 60.9 Å². The Bertz CT molecular complexity index is 551. The molecule has 2 heterocycles. The molecule has 0 radical (unpaired) electrons. The number of hydrogen-bond acceptors (Lipinski definition) is 5. The van der Waals surface area contributed by atoms with Crippen LogP contribution in [0.25, 0.3) is 0 Å². The van der Waals surface area contributed by atoms with Crippen molar-refractivity contribution >= 4 is 21.4 Å². The highest BCUT2D eigenvalue weighted by atomic mass is 32.2. The van der Waals surface area contributed by atoms with E-state index in [9.17, 15) is 8.42 Å². The lowest BCUT2D eigenvalue weighted by Gasteiger charge is -2.44. The summed E-state index contributed by atoms with van der Waals surface area (Å²) in [6.07, 6.45) is 0. The summed E-state index contributed by atoms with van der Waals surface area (Å²) in [5.74, 6) is 0. The van der Waals surface area contributed by atoms with E-state index >= 15 is 0 Å². The molecular formula is C12H20N2O3S2. The van der Waals surface area contributed by atoms with E-state index in [1.807, 2.05) is 20.9 Å². The Kier molecular flexibility index (Phi) is 4.04. The highest BCUT2D eigenvalue weighted by Gasteiger charge is 2.37. The van der Waals surface area contributed by atoms with E-state index in [1.54, 1.807) is 11.4 Å². The molecule has 0 amide bonds. The van der Waals surface area contributed by atoms with Gasteiger partial charge >= 0.3 is 0 Å². The van der Waals surface area contributed by atoms with Crippen LogP contribution in [0.4, 0.5) is 0 Å². The molecule has 1 fully saturated rings. The summed E-state index contributed by atoms with van der Waals surface area (Å²) in [4.78, 5) is 3.14. The largest absolute Gasteiger partial charge is 0.391 e. The molecule has 1 aliphatic rings. The Labute approximate surface area is 118 Å². The molecular weight excluding hydrogens is 284 g/mol. The maximum atomic E-state index is 12.5. The van der Waals surface area contributed by atoms with E-state index in [4.69, 9.17) is 5.11 Å². The minimum atomic E-state index is -3.44. The summed E-state index contributed by atoms with van der Waals surface area (Å²) >= 11 is 1.27. The van der Waals surface area contributed by atoms with Gasteiger partial charge < -0.3 is 5.11 Å². The highest BCUT2D eigenvalue weighted by molar-refractivity contribution is 7.89. The number of piperazine rings is 1. The van der Waals surface area contributed by atoms with Crippen molar-refractivity contribution in [1.82, 2.24) is 9.21 Å². The van der Waals surface area contributed by atoms with Gasteiger partial charge in [-0.05, 0) is 27.0 Å². The lowest BCUT2D eigenvalue weighted by molar-refractivity contribution is 0.0801. The zero-order chi connectivity index (χ0) is 14.3. The van der Waals surface area contributed by atoms with E-state index in [0.29, 0.717) is 22.9 Å². The zero-order valence-electron chi connectivity index (χ0n) is 11.5. The van der Waals surface area contributed by atoms with Gasteiger partial charge in [0.2, 0.25) is 10.0 Å². The van der Waals surface area contributed by atoms with Gasteiger partial charge in [-0.3, -0.25) is 4.90 Å². The van der Waals surface area contributed by atoms with Crippen molar-refractivity contribution in [3.8, 4) is 0 Å². The summed E-state index contributed by atoms with van der Waals surface area (Å²) in [5, 5.41) is 10.6. The molecule has 0 aromatic carbocycles. The smallest absolute Gasteiger partial charge is 0.244 e. The molecule has 7 heteroatoms. The molecule has 0 bridgehead atoms. The first-order valence-electron chi connectivity index (χ1n) is 6.17. The summed E-state index contributed by atoms with van der Waals surface area (Å²) in [6, 6.07) is 1.56. The van der Waals surface area contributed by atoms with Crippen molar-refractivity contribution in [2.75, 3.05) is 26.7 Å². The lowest BCUT2D eigenvalue weighted by atomic mass is 10.0. The average Bonchev–Trinajstić information content (AvgIpc) is 2.81. The standard InChI is InChI=1S/C12H20N2O3S2/c1-12(2)9-14(5-4-13(12)3)19(16,17)11-6-10(7-15)18-8-11/h6,8,15H,4-5,7,9H2,1-3H3. The maximum absolute atomic E-state index is 12.5. The SMILES string of the molecule is CN1CCN(S(=O)(=O)c2csc(CO)c2)CC1(C)C. The first-order valence-corrected chi connectivity index (χ1v) is 8.49. The fraction of sp³-hybridized carbons (Fsp3) is 0.667. The molecule has 1 aromatic rings. The van der Waals surface area contributed by atoms with Crippen LogP contribution in [0.3, 0.4) is 0 Å². The zero-order valence-corrected chi connectivity index (χ0v) is 13.1. The van der Waals surface area contributed by atoms with Crippen molar-refractivity contribution in [3.05, 3.63) is 16.3 Å². The van der Waals surface area contributed by atoms with E-state index < -0.39 is 10.0 Å². The van der Waals surface area contributed by atoms with Gasteiger partial charge in [0.25, 0.3) is 0 Å². The molecule has 0 atom stereocenters. The number of nitrogens with zero attached hydrogens (tertiary/aromatic N) is 2. The average molecular weight is 304 g/mol. The summed E-state index contributed by atoms with van der Waals surface area (Å²) < 4.78 is 26.6. The van der Waals surface area contributed by atoms with Crippen molar-refractivity contribution in [3.63, 3.8) is 0 Å². The van der Waals surface area contributed by atoms with E-state index in [0.717, 1.165) is 6.54 Å². The molecule has 1 aromatic heterocycles.